The summed E-state index contributed by atoms with van der Waals surface area (Å²) >= 11 is 0. The quantitative estimate of drug-likeness (QED) is 0.105. The standard InChI is InChI=1S/C37H50N2O6/c1-3-4-5-6-7-8-9-16-25-38-36(43)45-37(2,35(42)39-33(27-40)34(41)31-19-14-11-15-20-31)26-29-21-23-32(24-22-29)44-28-30-17-12-10-13-18-30/h10-15,17-24,33-34,40-41H,3-9,16,25-28H2,1-2H3,(H,38,43)(H,39,42). The Hall–Kier alpha value is -3.88. The summed E-state index contributed by atoms with van der Waals surface area (Å²) in [6, 6.07) is 24.9. The molecule has 0 aliphatic heterocycles. The Morgan fingerprint density at radius 3 is 2.02 bits per heavy atom. The first-order valence-corrected chi connectivity index (χ1v) is 16.2. The molecule has 3 unspecified atom stereocenters. The maximum Gasteiger partial charge on any atom is 0.408 e. The number of ether oxygens (including phenoxy) is 2. The third-order valence-corrected chi connectivity index (χ3v) is 7.85. The topological polar surface area (TPSA) is 117 Å². The van der Waals surface area contributed by atoms with Gasteiger partial charge in [-0.05, 0) is 42.2 Å². The van der Waals surface area contributed by atoms with Gasteiger partial charge < -0.3 is 30.3 Å². The highest BCUT2D eigenvalue weighted by Gasteiger charge is 2.40. The Labute approximate surface area is 268 Å². The Morgan fingerprint density at radius 2 is 1.40 bits per heavy atom. The number of unbranched alkanes of at least 4 members (excludes halogenated alkanes) is 7. The number of aliphatic hydroxyl groups is 2. The van der Waals surface area contributed by atoms with Gasteiger partial charge in [0.1, 0.15) is 18.5 Å². The third kappa shape index (κ3) is 12.6. The van der Waals surface area contributed by atoms with E-state index >= 15 is 0 Å². The molecule has 0 fully saturated rings. The zero-order chi connectivity index (χ0) is 32.3. The molecule has 8 heteroatoms. The Kier molecular flexibility index (Phi) is 15.4. The molecule has 2 amide bonds. The smallest absolute Gasteiger partial charge is 0.408 e. The lowest BCUT2D eigenvalue weighted by atomic mass is 9.94. The van der Waals surface area contributed by atoms with Gasteiger partial charge in [0.05, 0.1) is 12.6 Å². The van der Waals surface area contributed by atoms with E-state index in [1.165, 1.54) is 32.1 Å². The largest absolute Gasteiger partial charge is 0.489 e. The molecule has 0 aliphatic carbocycles. The summed E-state index contributed by atoms with van der Waals surface area (Å²) < 4.78 is 11.7. The average Bonchev–Trinajstić information content (AvgIpc) is 3.06. The van der Waals surface area contributed by atoms with Gasteiger partial charge in [-0.3, -0.25) is 4.79 Å². The lowest BCUT2D eigenvalue weighted by Gasteiger charge is -2.32. The lowest BCUT2D eigenvalue weighted by Crippen LogP contribution is -2.55. The van der Waals surface area contributed by atoms with E-state index in [0.29, 0.717) is 24.5 Å². The van der Waals surface area contributed by atoms with Crippen LogP contribution in [0.3, 0.4) is 0 Å². The van der Waals surface area contributed by atoms with Crippen molar-refractivity contribution < 1.29 is 29.3 Å². The maximum atomic E-state index is 13.7. The van der Waals surface area contributed by atoms with Crippen molar-refractivity contribution in [1.82, 2.24) is 10.6 Å². The van der Waals surface area contributed by atoms with E-state index < -0.39 is 36.4 Å². The predicted molar refractivity (Wildman–Crippen MR) is 177 cm³/mol. The maximum absolute atomic E-state index is 13.7. The first-order chi connectivity index (χ1) is 21.8. The highest BCUT2D eigenvalue weighted by molar-refractivity contribution is 5.88. The molecule has 3 atom stereocenters. The highest BCUT2D eigenvalue weighted by Crippen LogP contribution is 2.24. The second-order valence-corrected chi connectivity index (χ2v) is 11.7. The molecule has 0 aliphatic rings. The van der Waals surface area contributed by atoms with Crippen molar-refractivity contribution in [2.45, 2.75) is 96.0 Å². The summed E-state index contributed by atoms with van der Waals surface area (Å²) in [4.78, 5) is 26.6. The molecule has 3 aromatic carbocycles. The number of rotatable bonds is 20. The molecule has 0 saturated carbocycles. The molecule has 0 heterocycles. The van der Waals surface area contributed by atoms with Gasteiger partial charge in [-0.1, -0.05) is 125 Å². The number of hydrogen-bond donors (Lipinski definition) is 4. The van der Waals surface area contributed by atoms with Crippen LogP contribution in [-0.4, -0.2) is 47.0 Å². The van der Waals surface area contributed by atoms with Gasteiger partial charge in [-0.15, -0.1) is 0 Å². The van der Waals surface area contributed by atoms with Crippen LogP contribution in [0.15, 0.2) is 84.9 Å². The number of amides is 2. The molecule has 45 heavy (non-hydrogen) atoms. The summed E-state index contributed by atoms with van der Waals surface area (Å²) in [5.74, 6) is 0.0484. The van der Waals surface area contributed by atoms with Crippen molar-refractivity contribution in [3.05, 3.63) is 102 Å². The van der Waals surface area contributed by atoms with Crippen LogP contribution in [0.2, 0.25) is 0 Å². The molecule has 3 rings (SSSR count). The molecule has 4 N–H and O–H groups in total. The zero-order valence-corrected chi connectivity index (χ0v) is 26.8. The SMILES string of the molecule is CCCCCCCCCCNC(=O)OC(C)(Cc1ccc(OCc2ccccc2)cc1)C(=O)NC(CO)C(O)c1ccccc1. The van der Waals surface area contributed by atoms with Gasteiger partial charge in [0.2, 0.25) is 0 Å². The van der Waals surface area contributed by atoms with Crippen LogP contribution in [0.5, 0.6) is 5.75 Å². The van der Waals surface area contributed by atoms with Gasteiger partial charge in [0.15, 0.2) is 5.60 Å². The number of carbonyl (C=O) groups excluding carboxylic acids is 2. The normalized spacial score (nSPS) is 13.7. The van der Waals surface area contributed by atoms with Gasteiger partial charge in [0.25, 0.3) is 5.91 Å². The summed E-state index contributed by atoms with van der Waals surface area (Å²) in [6.07, 6.45) is 7.39. The van der Waals surface area contributed by atoms with E-state index in [0.717, 1.165) is 30.4 Å². The fraction of sp³-hybridized carbons (Fsp3) is 0.459. The van der Waals surface area contributed by atoms with Crippen LogP contribution < -0.4 is 15.4 Å². The van der Waals surface area contributed by atoms with Gasteiger partial charge in [0, 0.05) is 13.0 Å². The second kappa shape index (κ2) is 19.5. The summed E-state index contributed by atoms with van der Waals surface area (Å²) in [7, 11) is 0. The molecule has 0 radical (unpaired) electrons. The zero-order valence-electron chi connectivity index (χ0n) is 26.8. The molecule has 8 nitrogen and oxygen atoms in total. The predicted octanol–water partition coefficient (Wildman–Crippen LogP) is 6.64. The van der Waals surface area contributed by atoms with Crippen LogP contribution in [-0.2, 0) is 22.6 Å². The van der Waals surface area contributed by atoms with E-state index in [9.17, 15) is 19.8 Å². The molecular formula is C37H50N2O6. The molecule has 0 aromatic heterocycles. The van der Waals surface area contributed by atoms with Crippen LogP contribution in [0, 0.1) is 0 Å². The minimum atomic E-state index is -1.63. The first kappa shape index (κ1) is 35.6. The fourth-order valence-corrected chi connectivity index (χ4v) is 5.11. The lowest BCUT2D eigenvalue weighted by molar-refractivity contribution is -0.140. The Morgan fingerprint density at radius 1 is 0.800 bits per heavy atom. The van der Waals surface area contributed by atoms with Crippen molar-refractivity contribution in [2.75, 3.05) is 13.2 Å². The minimum Gasteiger partial charge on any atom is -0.489 e. The molecule has 0 spiro atoms. The van der Waals surface area contributed by atoms with Crippen molar-refractivity contribution in [3.63, 3.8) is 0 Å². The first-order valence-electron chi connectivity index (χ1n) is 16.2. The average molecular weight is 619 g/mol. The van der Waals surface area contributed by atoms with Crippen LogP contribution >= 0.6 is 0 Å². The third-order valence-electron chi connectivity index (χ3n) is 7.85. The van der Waals surface area contributed by atoms with Crippen molar-refractivity contribution in [1.29, 1.82) is 0 Å². The van der Waals surface area contributed by atoms with Crippen LogP contribution in [0.1, 0.15) is 88.0 Å². The highest BCUT2D eigenvalue weighted by atomic mass is 16.6. The number of alkyl carbamates (subject to hydrolysis) is 1. The fourth-order valence-electron chi connectivity index (χ4n) is 5.11. The number of carbonyl (C=O) groups is 2. The monoisotopic (exact) mass is 618 g/mol. The van der Waals surface area contributed by atoms with Gasteiger partial charge >= 0.3 is 6.09 Å². The molecule has 244 valence electrons. The van der Waals surface area contributed by atoms with Gasteiger partial charge in [-0.25, -0.2) is 4.79 Å². The van der Waals surface area contributed by atoms with Crippen molar-refractivity contribution in [2.24, 2.45) is 0 Å². The van der Waals surface area contributed by atoms with E-state index in [-0.39, 0.29) is 6.42 Å². The summed E-state index contributed by atoms with van der Waals surface area (Å²) in [5, 5.41) is 26.4. The van der Waals surface area contributed by atoms with Crippen LogP contribution in [0.4, 0.5) is 4.79 Å². The van der Waals surface area contributed by atoms with E-state index in [4.69, 9.17) is 9.47 Å². The van der Waals surface area contributed by atoms with E-state index in [2.05, 4.69) is 17.6 Å². The Balaban J connectivity index is 1.63. The number of nitrogens with one attached hydrogen (secondary N) is 2. The van der Waals surface area contributed by atoms with Crippen LogP contribution in [0.25, 0.3) is 0 Å². The van der Waals surface area contributed by atoms with E-state index in [1.807, 2.05) is 60.7 Å². The molecule has 3 aromatic rings. The Bertz CT molecular complexity index is 1250. The van der Waals surface area contributed by atoms with Crippen molar-refractivity contribution >= 4 is 12.0 Å². The number of benzene rings is 3. The number of hydrogen-bond acceptors (Lipinski definition) is 6. The molecule has 0 bridgehead atoms. The van der Waals surface area contributed by atoms with E-state index in [1.54, 1.807) is 31.2 Å². The summed E-state index contributed by atoms with van der Waals surface area (Å²) in [5.41, 5.74) is 0.723. The number of aliphatic hydroxyl groups excluding tert-OH is 2. The van der Waals surface area contributed by atoms with Crippen molar-refractivity contribution in [3.8, 4) is 5.75 Å². The second-order valence-electron chi connectivity index (χ2n) is 11.7. The molecule has 0 saturated heterocycles. The minimum absolute atomic E-state index is 0.0720. The molecular weight excluding hydrogens is 568 g/mol. The summed E-state index contributed by atoms with van der Waals surface area (Å²) in [6.45, 7) is 4.12. The van der Waals surface area contributed by atoms with Gasteiger partial charge in [-0.2, -0.15) is 0 Å².